The van der Waals surface area contributed by atoms with Crippen molar-refractivity contribution < 1.29 is 24.5 Å². The second-order valence-electron chi connectivity index (χ2n) is 8.77. The molecule has 0 aliphatic carbocycles. The minimum absolute atomic E-state index is 0.0673. The predicted octanol–water partition coefficient (Wildman–Crippen LogP) is 2.88. The van der Waals surface area contributed by atoms with Gasteiger partial charge in [-0.15, -0.1) is 0 Å². The second-order valence-corrected chi connectivity index (χ2v) is 8.77. The van der Waals surface area contributed by atoms with Crippen molar-refractivity contribution in [3.63, 3.8) is 0 Å². The molecule has 1 saturated heterocycles. The number of anilines is 1. The average molecular weight is 498 g/mol. The molecule has 1 amide bonds. The van der Waals surface area contributed by atoms with Crippen LogP contribution < -0.4 is 15.0 Å². The van der Waals surface area contributed by atoms with Crippen molar-refractivity contribution in [3.8, 4) is 17.2 Å². The molecular weight excluding hydrogens is 462 g/mol. The number of likely N-dealkylation sites (N-methyl/N-ethyl adjacent to an activating group) is 1. The molecule has 2 aromatic carbocycles. The van der Waals surface area contributed by atoms with Crippen LogP contribution >= 0.6 is 0 Å². The molecule has 0 radical (unpaired) electrons. The van der Waals surface area contributed by atoms with Gasteiger partial charge in [0.15, 0.2) is 5.84 Å². The van der Waals surface area contributed by atoms with E-state index in [0.29, 0.717) is 30.2 Å². The summed E-state index contributed by atoms with van der Waals surface area (Å²) in [6.07, 6.45) is 0. The van der Waals surface area contributed by atoms with Crippen LogP contribution in [0.25, 0.3) is 0 Å². The van der Waals surface area contributed by atoms with Gasteiger partial charge in [-0.25, -0.2) is 0 Å². The first kappa shape index (κ1) is 27.0. The highest BCUT2D eigenvalue weighted by Crippen LogP contribution is 2.34. The summed E-state index contributed by atoms with van der Waals surface area (Å²) in [7, 11) is 0. The van der Waals surface area contributed by atoms with Crippen LogP contribution in [0, 0.1) is 10.8 Å². The summed E-state index contributed by atoms with van der Waals surface area (Å²) < 4.78 is 11.2. The Kier molecular flexibility index (Phi) is 9.26. The van der Waals surface area contributed by atoms with Gasteiger partial charge >= 0.3 is 0 Å². The van der Waals surface area contributed by atoms with Gasteiger partial charge < -0.3 is 25.0 Å². The highest BCUT2D eigenvalue weighted by atomic mass is 16.5. The molecule has 194 valence electrons. The second kappa shape index (κ2) is 12.4. The third-order valence-corrected chi connectivity index (χ3v) is 5.90. The van der Waals surface area contributed by atoms with Gasteiger partial charge in [0, 0.05) is 37.9 Å². The maximum Gasteiger partial charge on any atom is 0.287 e. The summed E-state index contributed by atoms with van der Waals surface area (Å²) in [5.41, 5.74) is 1.02. The topological polar surface area (TPSA) is 142 Å². The maximum absolute atomic E-state index is 12.6. The molecule has 1 aliphatic heterocycles. The van der Waals surface area contributed by atoms with Crippen molar-refractivity contribution in [2.45, 2.75) is 26.7 Å². The van der Waals surface area contributed by atoms with Gasteiger partial charge in [-0.2, -0.15) is 0 Å². The number of hydrogen-bond donors (Lipinski definition) is 5. The quantitative estimate of drug-likeness (QED) is 0.279. The normalized spacial score (nSPS) is 13.9. The number of nitrogens with zero attached hydrogens (tertiary/aromatic N) is 2. The molecule has 1 aliphatic rings. The molecule has 10 heteroatoms. The molecule has 0 atom stereocenters. The zero-order chi connectivity index (χ0) is 26.2. The Balaban J connectivity index is 1.84. The molecule has 3 rings (SSSR count). The molecule has 1 fully saturated rings. The van der Waals surface area contributed by atoms with E-state index in [1.165, 1.54) is 12.1 Å². The molecule has 36 heavy (non-hydrogen) atoms. The van der Waals surface area contributed by atoms with Crippen LogP contribution in [-0.4, -0.2) is 78.7 Å². The van der Waals surface area contributed by atoms with Gasteiger partial charge in [0.25, 0.3) is 5.91 Å². The van der Waals surface area contributed by atoms with Crippen LogP contribution in [0.15, 0.2) is 36.4 Å². The van der Waals surface area contributed by atoms with Crippen molar-refractivity contribution in [2.24, 2.45) is 0 Å². The monoisotopic (exact) mass is 497 g/mol. The van der Waals surface area contributed by atoms with Crippen LogP contribution in [0.5, 0.6) is 17.2 Å². The Morgan fingerprint density at radius 1 is 1.14 bits per heavy atom. The van der Waals surface area contributed by atoms with E-state index in [-0.39, 0.29) is 28.8 Å². The zero-order valence-electron chi connectivity index (χ0n) is 21.0. The van der Waals surface area contributed by atoms with Gasteiger partial charge in [-0.05, 0) is 48.7 Å². The van der Waals surface area contributed by atoms with Gasteiger partial charge in [-0.3, -0.25) is 25.4 Å². The van der Waals surface area contributed by atoms with E-state index >= 15 is 0 Å². The minimum atomic E-state index is -0.657. The number of rotatable bonds is 8. The molecule has 0 bridgehead atoms. The number of carbonyl (C=O) groups excluding carboxylic acids is 1. The number of nitrogens with one attached hydrogen (secondary N) is 3. The van der Waals surface area contributed by atoms with Crippen molar-refractivity contribution in [3.05, 3.63) is 47.5 Å². The Morgan fingerprint density at radius 3 is 2.42 bits per heavy atom. The highest BCUT2D eigenvalue weighted by Gasteiger charge is 2.27. The van der Waals surface area contributed by atoms with E-state index in [9.17, 15) is 15.0 Å². The Labute approximate surface area is 211 Å². The van der Waals surface area contributed by atoms with E-state index in [0.717, 1.165) is 37.7 Å². The van der Waals surface area contributed by atoms with Crippen molar-refractivity contribution in [1.29, 1.82) is 10.8 Å². The third kappa shape index (κ3) is 6.52. The van der Waals surface area contributed by atoms with E-state index < -0.39 is 11.7 Å². The van der Waals surface area contributed by atoms with Crippen molar-refractivity contribution >= 4 is 23.3 Å². The summed E-state index contributed by atoms with van der Waals surface area (Å²) in [5, 5.41) is 40.6. The summed E-state index contributed by atoms with van der Waals surface area (Å²) in [6.45, 7) is 10.3. The number of ether oxygens (including phenoxy) is 2. The molecule has 10 nitrogen and oxygen atoms in total. The lowest BCUT2D eigenvalue weighted by Gasteiger charge is -2.27. The van der Waals surface area contributed by atoms with Crippen LogP contribution in [0.1, 0.15) is 37.8 Å². The fourth-order valence-corrected chi connectivity index (χ4v) is 3.89. The molecule has 0 saturated carbocycles. The summed E-state index contributed by atoms with van der Waals surface area (Å²) in [4.78, 5) is 16.0. The first-order chi connectivity index (χ1) is 17.2. The minimum Gasteiger partial charge on any atom is -0.508 e. The van der Waals surface area contributed by atoms with E-state index in [2.05, 4.69) is 10.2 Å². The van der Waals surface area contributed by atoms with E-state index in [1.807, 2.05) is 13.8 Å². The molecule has 2 aromatic rings. The number of carbonyl (C=O) groups is 1. The van der Waals surface area contributed by atoms with Crippen LogP contribution in [-0.2, 0) is 9.53 Å². The van der Waals surface area contributed by atoms with Gasteiger partial charge in [0.1, 0.15) is 29.7 Å². The van der Waals surface area contributed by atoms with Crippen LogP contribution in [0.4, 0.5) is 5.69 Å². The maximum atomic E-state index is 12.6. The lowest BCUT2D eigenvalue weighted by Crippen LogP contribution is -2.46. The molecule has 5 N–H and O–H groups in total. The van der Waals surface area contributed by atoms with E-state index in [4.69, 9.17) is 20.3 Å². The Hall–Kier alpha value is -3.63. The molecule has 0 aromatic heterocycles. The number of amidine groups is 2. The lowest BCUT2D eigenvalue weighted by molar-refractivity contribution is -0.114. The largest absolute Gasteiger partial charge is 0.508 e. The van der Waals surface area contributed by atoms with Crippen molar-refractivity contribution in [1.82, 2.24) is 10.2 Å². The van der Waals surface area contributed by atoms with E-state index in [1.54, 1.807) is 31.2 Å². The molecule has 1 heterocycles. The first-order valence-corrected chi connectivity index (χ1v) is 12.1. The van der Waals surface area contributed by atoms with Crippen LogP contribution in [0.2, 0.25) is 0 Å². The number of morpholine rings is 1. The summed E-state index contributed by atoms with van der Waals surface area (Å²) in [6, 6.07) is 9.45. The molecule has 0 unspecified atom stereocenters. The standard InChI is InChI=1S/C26H35N5O5/c1-4-29-26(34)25(28)31(24(27)21-15-20(17(2)3)22(32)16-23(21)33)18-5-7-19(8-6-18)36-14-11-30-9-12-35-13-10-30/h5-8,15-17,27-28,32-33H,4,9-14H2,1-3H3,(H,29,34). The summed E-state index contributed by atoms with van der Waals surface area (Å²) in [5.74, 6) is -1.25. The van der Waals surface area contributed by atoms with Crippen molar-refractivity contribution in [2.75, 3.05) is 50.9 Å². The fourth-order valence-electron chi connectivity index (χ4n) is 3.89. The number of aromatic hydroxyl groups is 2. The fraction of sp³-hybridized carbons (Fsp3) is 0.423. The number of amides is 1. The lowest BCUT2D eigenvalue weighted by atomic mass is 9.98. The zero-order valence-corrected chi connectivity index (χ0v) is 21.0. The molecule has 0 spiro atoms. The van der Waals surface area contributed by atoms with Crippen LogP contribution in [0.3, 0.4) is 0 Å². The predicted molar refractivity (Wildman–Crippen MR) is 139 cm³/mol. The first-order valence-electron chi connectivity index (χ1n) is 12.1. The average Bonchev–Trinajstić information content (AvgIpc) is 2.85. The smallest absolute Gasteiger partial charge is 0.287 e. The SMILES string of the molecule is CCNC(=O)C(=N)N(C(=N)c1cc(C(C)C)c(O)cc1O)c1ccc(OCCN2CCOCC2)cc1. The number of hydrogen-bond acceptors (Lipinski definition) is 8. The number of phenols is 2. The van der Waals surface area contributed by atoms with Gasteiger partial charge in [0.05, 0.1) is 18.8 Å². The highest BCUT2D eigenvalue weighted by molar-refractivity contribution is 6.48. The Bertz CT molecular complexity index is 1080. The third-order valence-electron chi connectivity index (χ3n) is 5.90. The number of phenolic OH excluding ortho intramolecular Hbond substituents is 2. The molecular formula is C26H35N5O5. The van der Waals surface area contributed by atoms with Gasteiger partial charge in [-0.1, -0.05) is 13.8 Å². The number of benzene rings is 2. The van der Waals surface area contributed by atoms with Gasteiger partial charge in [0.2, 0.25) is 0 Å². The Morgan fingerprint density at radius 2 is 1.81 bits per heavy atom. The summed E-state index contributed by atoms with van der Waals surface area (Å²) >= 11 is 0.